The minimum atomic E-state index is 0.0325. The summed E-state index contributed by atoms with van der Waals surface area (Å²) in [6.45, 7) is 7.50. The summed E-state index contributed by atoms with van der Waals surface area (Å²) in [5.74, 6) is 2.27. The van der Waals surface area contributed by atoms with E-state index in [1.54, 1.807) is 16.8 Å². The summed E-state index contributed by atoms with van der Waals surface area (Å²) < 4.78 is 8.08. The van der Waals surface area contributed by atoms with E-state index in [4.69, 9.17) is 4.74 Å². The average molecular weight is 417 g/mol. The molecule has 2 fully saturated rings. The van der Waals surface area contributed by atoms with E-state index in [-0.39, 0.29) is 11.0 Å². The molecule has 0 amide bonds. The molecule has 5 rings (SSSR count). The van der Waals surface area contributed by atoms with E-state index in [1.807, 2.05) is 25.4 Å². The van der Waals surface area contributed by atoms with Crippen molar-refractivity contribution in [2.24, 2.45) is 11.3 Å². The summed E-state index contributed by atoms with van der Waals surface area (Å²) in [7, 11) is 0. The first kappa shape index (κ1) is 19.9. The first-order valence-electron chi connectivity index (χ1n) is 11.0. The zero-order chi connectivity index (χ0) is 21.6. The summed E-state index contributed by atoms with van der Waals surface area (Å²) in [6.07, 6.45) is 9.10. The Bertz CT molecular complexity index is 1170. The summed E-state index contributed by atoms with van der Waals surface area (Å²) in [5.41, 5.74) is 4.11. The fraction of sp³-hybridized carbons (Fsp3) is 0.440. The first-order valence-corrected chi connectivity index (χ1v) is 11.0. The molecule has 6 nitrogen and oxygen atoms in total. The second-order valence-corrected chi connectivity index (χ2v) is 9.45. The number of nitrogens with zero attached hydrogens (tertiary/aromatic N) is 4. The van der Waals surface area contributed by atoms with E-state index >= 15 is 0 Å². The van der Waals surface area contributed by atoms with Crippen LogP contribution in [0.25, 0.3) is 11.1 Å². The first-order chi connectivity index (χ1) is 14.9. The highest BCUT2D eigenvalue weighted by molar-refractivity contribution is 5.66. The van der Waals surface area contributed by atoms with E-state index < -0.39 is 0 Å². The highest BCUT2D eigenvalue weighted by Gasteiger charge is 2.52. The van der Waals surface area contributed by atoms with Gasteiger partial charge in [0.05, 0.1) is 12.2 Å². The Labute approximate surface area is 182 Å². The molecule has 2 aliphatic carbocycles. The van der Waals surface area contributed by atoms with Crippen molar-refractivity contribution in [2.45, 2.75) is 52.5 Å². The van der Waals surface area contributed by atoms with Crippen LogP contribution >= 0.6 is 0 Å². The molecule has 2 atom stereocenters. The Balaban J connectivity index is 1.36. The van der Waals surface area contributed by atoms with Crippen molar-refractivity contribution in [3.05, 3.63) is 70.3 Å². The zero-order valence-corrected chi connectivity index (χ0v) is 18.3. The van der Waals surface area contributed by atoms with Crippen LogP contribution in [0.15, 0.2) is 47.7 Å². The maximum absolute atomic E-state index is 12.3. The number of pyridine rings is 2. The van der Waals surface area contributed by atoms with Crippen LogP contribution in [0.3, 0.4) is 0 Å². The van der Waals surface area contributed by atoms with E-state index in [0.29, 0.717) is 30.1 Å². The predicted octanol–water partition coefficient (Wildman–Crippen LogP) is 4.30. The van der Waals surface area contributed by atoms with E-state index in [1.165, 1.54) is 18.4 Å². The SMILES string of the molecule is Cc1ccc([C@H]2C[C@]2(C)COc2nc(C)ncc2-c2ccc(=O)n(CC3CC3)c2)nc1. The van der Waals surface area contributed by atoms with Crippen molar-refractivity contribution >= 4 is 0 Å². The van der Waals surface area contributed by atoms with Crippen molar-refractivity contribution in [1.29, 1.82) is 0 Å². The molecule has 0 N–H and O–H groups in total. The van der Waals surface area contributed by atoms with Gasteiger partial charge in [-0.2, -0.15) is 4.98 Å². The lowest BCUT2D eigenvalue weighted by Crippen LogP contribution is -2.19. The van der Waals surface area contributed by atoms with Gasteiger partial charge in [-0.25, -0.2) is 4.98 Å². The van der Waals surface area contributed by atoms with Gasteiger partial charge in [0.15, 0.2) is 0 Å². The maximum atomic E-state index is 12.3. The molecule has 3 aromatic heterocycles. The Morgan fingerprint density at radius 3 is 2.71 bits per heavy atom. The molecule has 0 unspecified atom stereocenters. The van der Waals surface area contributed by atoms with Crippen LogP contribution in [0.1, 0.15) is 49.2 Å². The molecular formula is C25H28N4O2. The number of aryl methyl sites for hydroxylation is 2. The number of rotatable bonds is 7. The third kappa shape index (κ3) is 4.24. The van der Waals surface area contributed by atoms with Gasteiger partial charge >= 0.3 is 0 Å². The van der Waals surface area contributed by atoms with E-state index in [0.717, 1.165) is 29.8 Å². The van der Waals surface area contributed by atoms with Gasteiger partial charge in [-0.3, -0.25) is 9.78 Å². The van der Waals surface area contributed by atoms with Gasteiger partial charge in [0.25, 0.3) is 5.56 Å². The molecule has 0 aliphatic heterocycles. The highest BCUT2D eigenvalue weighted by Crippen LogP contribution is 2.58. The van der Waals surface area contributed by atoms with Gasteiger partial charge in [0.1, 0.15) is 5.82 Å². The molecule has 2 aliphatic rings. The van der Waals surface area contributed by atoms with Crippen LogP contribution in [0, 0.1) is 25.2 Å². The average Bonchev–Trinajstić information content (AvgIpc) is 3.67. The number of hydrogen-bond acceptors (Lipinski definition) is 5. The zero-order valence-electron chi connectivity index (χ0n) is 18.3. The standard InChI is InChI=1S/C25H28N4O2/c1-16-4-8-22(27-11-16)21-10-25(21,3)15-31-24-20(12-26-17(2)28-24)19-7-9-23(30)29(14-19)13-18-5-6-18/h4,7-9,11-12,14,18,21H,5-6,10,13,15H2,1-3H3/t21-,25-/m1/s1. The summed E-state index contributed by atoms with van der Waals surface area (Å²) >= 11 is 0. The molecule has 3 heterocycles. The number of aromatic nitrogens is 4. The molecule has 0 spiro atoms. The highest BCUT2D eigenvalue weighted by atomic mass is 16.5. The van der Waals surface area contributed by atoms with Crippen LogP contribution in [0.5, 0.6) is 5.88 Å². The van der Waals surface area contributed by atoms with Crippen molar-refractivity contribution in [1.82, 2.24) is 19.5 Å². The Morgan fingerprint density at radius 2 is 1.97 bits per heavy atom. The van der Waals surface area contributed by atoms with Crippen LogP contribution in [0.4, 0.5) is 0 Å². The second kappa shape index (κ2) is 7.59. The van der Waals surface area contributed by atoms with Crippen molar-refractivity contribution in [2.75, 3.05) is 6.61 Å². The third-order valence-electron chi connectivity index (χ3n) is 6.50. The van der Waals surface area contributed by atoms with Crippen LogP contribution in [-0.2, 0) is 6.54 Å². The van der Waals surface area contributed by atoms with Crippen LogP contribution in [0.2, 0.25) is 0 Å². The Morgan fingerprint density at radius 1 is 1.13 bits per heavy atom. The summed E-state index contributed by atoms with van der Waals surface area (Å²) in [6, 6.07) is 7.70. The van der Waals surface area contributed by atoms with Crippen LogP contribution in [-0.4, -0.2) is 26.1 Å². The number of ether oxygens (including phenoxy) is 1. The fourth-order valence-electron chi connectivity index (χ4n) is 4.12. The molecule has 31 heavy (non-hydrogen) atoms. The summed E-state index contributed by atoms with van der Waals surface area (Å²) in [5, 5.41) is 0. The van der Waals surface area contributed by atoms with Gasteiger partial charge in [0, 0.05) is 53.8 Å². The van der Waals surface area contributed by atoms with Crippen molar-refractivity contribution < 1.29 is 4.74 Å². The largest absolute Gasteiger partial charge is 0.477 e. The molecule has 0 aromatic carbocycles. The third-order valence-corrected chi connectivity index (χ3v) is 6.50. The van der Waals surface area contributed by atoms with E-state index in [2.05, 4.69) is 40.9 Å². The number of hydrogen-bond donors (Lipinski definition) is 0. The van der Waals surface area contributed by atoms with Gasteiger partial charge in [-0.1, -0.05) is 13.0 Å². The normalized spacial score (nSPS) is 22.4. The molecule has 0 radical (unpaired) electrons. The molecule has 0 bridgehead atoms. The summed E-state index contributed by atoms with van der Waals surface area (Å²) in [4.78, 5) is 25.8. The second-order valence-electron chi connectivity index (χ2n) is 9.45. The van der Waals surface area contributed by atoms with Gasteiger partial charge in [0.2, 0.25) is 5.88 Å². The Hall–Kier alpha value is -3.02. The minimum Gasteiger partial charge on any atom is -0.477 e. The van der Waals surface area contributed by atoms with Crippen molar-refractivity contribution in [3.8, 4) is 17.0 Å². The maximum Gasteiger partial charge on any atom is 0.250 e. The monoisotopic (exact) mass is 416 g/mol. The predicted molar refractivity (Wildman–Crippen MR) is 119 cm³/mol. The van der Waals surface area contributed by atoms with Crippen LogP contribution < -0.4 is 10.3 Å². The molecule has 3 aromatic rings. The van der Waals surface area contributed by atoms with Crippen molar-refractivity contribution in [3.63, 3.8) is 0 Å². The van der Waals surface area contributed by atoms with Gasteiger partial charge < -0.3 is 9.30 Å². The lowest BCUT2D eigenvalue weighted by molar-refractivity contribution is 0.234. The molecule has 0 saturated heterocycles. The molecule has 6 heteroatoms. The lowest BCUT2D eigenvalue weighted by atomic mass is 10.1. The Kier molecular flexibility index (Phi) is 4.88. The fourth-order valence-corrected chi connectivity index (χ4v) is 4.12. The topological polar surface area (TPSA) is 69.9 Å². The van der Waals surface area contributed by atoms with Gasteiger partial charge in [-0.15, -0.1) is 0 Å². The molecule has 2 saturated carbocycles. The minimum absolute atomic E-state index is 0.0325. The quantitative estimate of drug-likeness (QED) is 0.574. The molecular weight excluding hydrogens is 388 g/mol. The van der Waals surface area contributed by atoms with E-state index in [9.17, 15) is 4.79 Å². The lowest BCUT2D eigenvalue weighted by Gasteiger charge is -2.16. The smallest absolute Gasteiger partial charge is 0.250 e. The van der Waals surface area contributed by atoms with Gasteiger partial charge in [-0.05, 0) is 56.7 Å². The molecule has 160 valence electrons.